The smallest absolute Gasteiger partial charge is 0.271 e. The molecule has 0 atom stereocenters. The summed E-state index contributed by atoms with van der Waals surface area (Å²) in [5.74, 6) is 0. The number of sulfonamides is 2. The predicted molar refractivity (Wildman–Crippen MR) is 111 cm³/mol. The third kappa shape index (κ3) is 5.22. The van der Waals surface area contributed by atoms with Crippen LogP contribution in [0.4, 0.5) is 11.4 Å². The summed E-state index contributed by atoms with van der Waals surface area (Å²) in [6, 6.07) is 7.67. The Morgan fingerprint density at radius 3 is 2.30 bits per heavy atom. The van der Waals surface area contributed by atoms with Gasteiger partial charge in [0.25, 0.3) is 10.0 Å². The van der Waals surface area contributed by atoms with Gasteiger partial charge in [0.15, 0.2) is 0 Å². The molecule has 27 heavy (non-hydrogen) atoms. The fourth-order valence-electron chi connectivity index (χ4n) is 2.28. The van der Waals surface area contributed by atoms with Crippen molar-refractivity contribution in [1.82, 2.24) is 4.31 Å². The lowest BCUT2D eigenvalue weighted by atomic mass is 10.2. The number of unbranched alkanes of at least 4 members (excludes halogenated alkanes) is 1. The lowest BCUT2D eigenvalue weighted by Crippen LogP contribution is -2.22. The maximum Gasteiger partial charge on any atom is 0.271 e. The van der Waals surface area contributed by atoms with Gasteiger partial charge in [0.05, 0.1) is 16.3 Å². The molecule has 0 unspecified atom stereocenters. The SMILES string of the molecule is CCCCNc1ccc(S(=O)(=O)N(C)C)cc1NS(=O)(=O)c1ccc(C)s1. The normalized spacial score (nSPS) is 12.3. The molecule has 2 N–H and O–H groups in total. The van der Waals surface area contributed by atoms with E-state index in [1.807, 2.05) is 6.92 Å². The highest BCUT2D eigenvalue weighted by atomic mass is 32.2. The molecule has 0 aliphatic rings. The quantitative estimate of drug-likeness (QED) is 0.594. The molecule has 7 nitrogen and oxygen atoms in total. The molecule has 1 aromatic heterocycles. The fourth-order valence-corrected chi connectivity index (χ4v) is 5.57. The van der Waals surface area contributed by atoms with Gasteiger partial charge in [-0.25, -0.2) is 21.1 Å². The van der Waals surface area contributed by atoms with Crippen LogP contribution >= 0.6 is 11.3 Å². The highest BCUT2D eigenvalue weighted by Gasteiger charge is 2.22. The second-order valence-corrected chi connectivity index (χ2v) is 11.6. The molecule has 0 saturated heterocycles. The van der Waals surface area contributed by atoms with Crippen molar-refractivity contribution in [2.24, 2.45) is 0 Å². The Labute approximate surface area is 165 Å². The molecule has 1 aromatic carbocycles. The largest absolute Gasteiger partial charge is 0.383 e. The van der Waals surface area contributed by atoms with Gasteiger partial charge < -0.3 is 5.32 Å². The number of benzene rings is 1. The van der Waals surface area contributed by atoms with Gasteiger partial charge in [-0.2, -0.15) is 0 Å². The third-order valence-electron chi connectivity index (χ3n) is 3.84. The van der Waals surface area contributed by atoms with Gasteiger partial charge in [-0.1, -0.05) is 13.3 Å². The Morgan fingerprint density at radius 1 is 1.04 bits per heavy atom. The lowest BCUT2D eigenvalue weighted by molar-refractivity contribution is 0.521. The molecule has 0 aliphatic carbocycles. The van der Waals surface area contributed by atoms with Gasteiger partial charge in [0.1, 0.15) is 4.21 Å². The topological polar surface area (TPSA) is 95.6 Å². The van der Waals surface area contributed by atoms with Crippen molar-refractivity contribution in [2.45, 2.75) is 35.8 Å². The highest BCUT2D eigenvalue weighted by Crippen LogP contribution is 2.30. The minimum Gasteiger partial charge on any atom is -0.383 e. The maximum atomic E-state index is 12.7. The monoisotopic (exact) mass is 431 g/mol. The van der Waals surface area contributed by atoms with Gasteiger partial charge >= 0.3 is 0 Å². The van der Waals surface area contributed by atoms with E-state index < -0.39 is 20.0 Å². The Morgan fingerprint density at radius 2 is 1.74 bits per heavy atom. The number of nitrogens with zero attached hydrogens (tertiary/aromatic N) is 1. The average molecular weight is 432 g/mol. The van der Waals surface area contributed by atoms with Crippen LogP contribution in [0.25, 0.3) is 0 Å². The van der Waals surface area contributed by atoms with E-state index in [9.17, 15) is 16.8 Å². The molecule has 0 bridgehead atoms. The second-order valence-electron chi connectivity index (χ2n) is 6.25. The zero-order chi connectivity index (χ0) is 20.2. The summed E-state index contributed by atoms with van der Waals surface area (Å²) >= 11 is 1.16. The molecule has 2 aromatic rings. The minimum absolute atomic E-state index is 0.0219. The summed E-state index contributed by atoms with van der Waals surface area (Å²) in [6.45, 7) is 4.53. The number of nitrogens with one attached hydrogen (secondary N) is 2. The van der Waals surface area contributed by atoms with Crippen LogP contribution in [0.5, 0.6) is 0 Å². The Hall–Kier alpha value is -1.62. The molecular weight excluding hydrogens is 406 g/mol. The number of aryl methyl sites for hydroxylation is 1. The summed E-state index contributed by atoms with van der Waals surface area (Å²) < 4.78 is 54.1. The molecule has 10 heteroatoms. The van der Waals surface area contributed by atoms with Gasteiger partial charge in [-0.15, -0.1) is 11.3 Å². The summed E-state index contributed by atoms with van der Waals surface area (Å²) in [4.78, 5) is 0.897. The molecule has 0 spiro atoms. The molecule has 0 radical (unpaired) electrons. The van der Waals surface area contributed by atoms with E-state index in [2.05, 4.69) is 17.0 Å². The number of hydrogen-bond acceptors (Lipinski definition) is 6. The Bertz CT molecular complexity index is 996. The number of anilines is 2. The molecule has 0 saturated carbocycles. The first-order valence-electron chi connectivity index (χ1n) is 8.47. The van der Waals surface area contributed by atoms with E-state index in [0.717, 1.165) is 33.4 Å². The standard InChI is InChI=1S/C17H25N3O4S3/c1-5-6-11-18-15-9-8-14(27(23,24)20(3)4)12-16(15)19-26(21,22)17-10-7-13(2)25-17/h7-10,12,18-19H,5-6,11H2,1-4H3. The van der Waals surface area contributed by atoms with E-state index in [1.165, 1.54) is 32.3 Å². The predicted octanol–water partition coefficient (Wildman–Crippen LogP) is 3.32. The van der Waals surface area contributed by atoms with E-state index >= 15 is 0 Å². The van der Waals surface area contributed by atoms with Crippen LogP contribution in [-0.2, 0) is 20.0 Å². The lowest BCUT2D eigenvalue weighted by Gasteiger charge is -2.17. The Balaban J connectivity index is 2.46. The average Bonchev–Trinajstić information content (AvgIpc) is 3.03. The first-order valence-corrected chi connectivity index (χ1v) is 12.2. The summed E-state index contributed by atoms with van der Waals surface area (Å²) in [5.41, 5.74) is 0.748. The van der Waals surface area contributed by atoms with Crippen LogP contribution in [0, 0.1) is 6.92 Å². The fraction of sp³-hybridized carbons (Fsp3) is 0.412. The van der Waals surface area contributed by atoms with Crippen molar-refractivity contribution in [3.8, 4) is 0 Å². The van der Waals surface area contributed by atoms with E-state index in [4.69, 9.17) is 0 Å². The zero-order valence-corrected chi connectivity index (χ0v) is 18.3. The highest BCUT2D eigenvalue weighted by molar-refractivity contribution is 7.94. The summed E-state index contributed by atoms with van der Waals surface area (Å²) in [7, 11) is -4.63. The minimum atomic E-state index is -3.81. The second kappa shape index (κ2) is 8.59. The summed E-state index contributed by atoms with van der Waals surface area (Å²) in [6.07, 6.45) is 1.89. The van der Waals surface area contributed by atoms with E-state index in [-0.39, 0.29) is 14.8 Å². The number of thiophene rings is 1. The third-order valence-corrected chi connectivity index (χ3v) is 8.51. The number of rotatable bonds is 9. The molecule has 2 rings (SSSR count). The zero-order valence-electron chi connectivity index (χ0n) is 15.8. The molecule has 0 aliphatic heterocycles. The van der Waals surface area contributed by atoms with Crippen LogP contribution < -0.4 is 10.0 Å². The van der Waals surface area contributed by atoms with E-state index in [0.29, 0.717) is 12.2 Å². The van der Waals surface area contributed by atoms with Crippen molar-refractivity contribution >= 4 is 42.8 Å². The van der Waals surface area contributed by atoms with Crippen LogP contribution in [0.1, 0.15) is 24.6 Å². The van der Waals surface area contributed by atoms with Crippen LogP contribution in [-0.4, -0.2) is 41.8 Å². The van der Waals surface area contributed by atoms with Crippen molar-refractivity contribution < 1.29 is 16.8 Å². The van der Waals surface area contributed by atoms with Crippen molar-refractivity contribution in [2.75, 3.05) is 30.7 Å². The van der Waals surface area contributed by atoms with E-state index in [1.54, 1.807) is 12.1 Å². The molecular formula is C17H25N3O4S3. The van der Waals surface area contributed by atoms with Gasteiger partial charge in [-0.3, -0.25) is 4.72 Å². The molecule has 150 valence electrons. The van der Waals surface area contributed by atoms with Crippen molar-refractivity contribution in [3.63, 3.8) is 0 Å². The van der Waals surface area contributed by atoms with Gasteiger partial charge in [0, 0.05) is 25.5 Å². The molecule has 0 fully saturated rings. The van der Waals surface area contributed by atoms with Gasteiger partial charge in [-0.05, 0) is 43.7 Å². The van der Waals surface area contributed by atoms with Crippen molar-refractivity contribution in [3.05, 3.63) is 35.2 Å². The first kappa shape index (κ1) is 21.7. The Kier molecular flexibility index (Phi) is 6.90. The summed E-state index contributed by atoms with van der Waals surface area (Å²) in [5, 5.41) is 3.17. The molecule has 1 heterocycles. The van der Waals surface area contributed by atoms with Gasteiger partial charge in [0.2, 0.25) is 10.0 Å². The van der Waals surface area contributed by atoms with Crippen LogP contribution in [0.3, 0.4) is 0 Å². The number of hydrogen-bond donors (Lipinski definition) is 2. The van der Waals surface area contributed by atoms with Crippen LogP contribution in [0.15, 0.2) is 39.4 Å². The molecule has 0 amide bonds. The van der Waals surface area contributed by atoms with Crippen molar-refractivity contribution in [1.29, 1.82) is 0 Å². The van der Waals surface area contributed by atoms with Crippen LogP contribution in [0.2, 0.25) is 0 Å². The first-order chi connectivity index (χ1) is 12.6. The maximum absolute atomic E-state index is 12.7.